The summed E-state index contributed by atoms with van der Waals surface area (Å²) in [5.41, 5.74) is 0. The van der Waals surface area contributed by atoms with Gasteiger partial charge in [0.25, 0.3) is 0 Å². The van der Waals surface area contributed by atoms with E-state index in [-0.39, 0.29) is 36.2 Å². The van der Waals surface area contributed by atoms with E-state index in [1.54, 1.807) is 0 Å². The van der Waals surface area contributed by atoms with Gasteiger partial charge in [0.2, 0.25) is 31.0 Å². The zero-order valence-corrected chi connectivity index (χ0v) is 22.0. The highest BCUT2D eigenvalue weighted by molar-refractivity contribution is 7.58. The number of hydrogen-bond acceptors (Lipinski definition) is 5. The van der Waals surface area contributed by atoms with Gasteiger partial charge < -0.3 is 15.5 Å². The number of amides is 4. The Morgan fingerprint density at radius 1 is 1.03 bits per heavy atom. The summed E-state index contributed by atoms with van der Waals surface area (Å²) < 4.78 is 13.1. The van der Waals surface area contributed by atoms with Crippen molar-refractivity contribution in [1.82, 2.24) is 15.5 Å². The molecule has 0 saturated carbocycles. The van der Waals surface area contributed by atoms with Gasteiger partial charge in [-0.2, -0.15) is 0 Å². The van der Waals surface area contributed by atoms with Crippen LogP contribution in [0.2, 0.25) is 0 Å². The summed E-state index contributed by atoms with van der Waals surface area (Å²) in [5, 5.41) is 5.28. The summed E-state index contributed by atoms with van der Waals surface area (Å²) in [5.74, 6) is -2.48. The number of nitrogens with one attached hydrogen (secondary N) is 2. The van der Waals surface area contributed by atoms with Crippen LogP contribution >= 0.6 is 7.37 Å². The number of imide groups is 1. The molecule has 1 saturated heterocycles. The van der Waals surface area contributed by atoms with Crippen LogP contribution in [0.15, 0.2) is 0 Å². The number of carbonyl (C=O) groups excluding carboxylic acids is 4. The smallest absolute Gasteiger partial charge is 0.242 e. The second kappa shape index (κ2) is 12.7. The molecular weight excluding hydrogens is 445 g/mol. The van der Waals surface area contributed by atoms with Crippen molar-refractivity contribution < 1.29 is 28.6 Å². The van der Waals surface area contributed by atoms with Crippen molar-refractivity contribution in [2.45, 2.75) is 73.3 Å². The van der Waals surface area contributed by atoms with Crippen molar-refractivity contribution in [2.24, 2.45) is 29.6 Å². The summed E-state index contributed by atoms with van der Waals surface area (Å²) >= 11 is 0. The van der Waals surface area contributed by atoms with Gasteiger partial charge in [-0.25, -0.2) is 0 Å². The third-order valence-electron chi connectivity index (χ3n) is 5.67. The Labute approximate surface area is 197 Å². The van der Waals surface area contributed by atoms with Gasteiger partial charge in [0.1, 0.15) is 12.3 Å². The Kier molecular flexibility index (Phi) is 11.2. The minimum absolute atomic E-state index is 0.0515. The standard InChI is InChI=1S/C23H42N3O6P/c1-14(2)8-17-11-20(27)26(23(17)30)13-33(31,32)12-18(9-15(3)4)21(28)25-19(10-16(5)6)22(29)24-7/h14-19H,8-13H2,1-7H3,(H,24,29)(H,25,28)(H,31,32)/t17-,18?,19-/m0/s1. The van der Waals surface area contributed by atoms with Crippen LogP contribution < -0.4 is 10.6 Å². The average Bonchev–Trinajstić information content (AvgIpc) is 2.91. The minimum Gasteiger partial charge on any atom is -0.357 e. The molecule has 0 aromatic carbocycles. The lowest BCUT2D eigenvalue weighted by molar-refractivity contribution is -0.138. The lowest BCUT2D eigenvalue weighted by Crippen LogP contribution is -2.49. The Bertz CT molecular complexity index is 767. The van der Waals surface area contributed by atoms with Gasteiger partial charge in [0.05, 0.1) is 0 Å². The summed E-state index contributed by atoms with van der Waals surface area (Å²) in [6, 6.07) is -0.742. The highest BCUT2D eigenvalue weighted by Gasteiger charge is 2.42. The fourth-order valence-corrected chi connectivity index (χ4v) is 6.13. The van der Waals surface area contributed by atoms with Crippen LogP contribution in [0.4, 0.5) is 0 Å². The van der Waals surface area contributed by atoms with E-state index in [4.69, 9.17) is 0 Å². The van der Waals surface area contributed by atoms with E-state index in [9.17, 15) is 28.6 Å². The van der Waals surface area contributed by atoms with Crippen LogP contribution in [0, 0.1) is 29.6 Å². The molecule has 4 amide bonds. The van der Waals surface area contributed by atoms with Crippen molar-refractivity contribution in [2.75, 3.05) is 19.5 Å². The van der Waals surface area contributed by atoms with Crippen LogP contribution in [0.25, 0.3) is 0 Å². The SMILES string of the molecule is CNC(=O)[C@H](CC(C)C)NC(=O)C(CC(C)C)CP(=O)(O)CN1C(=O)C[C@H](CC(C)C)C1=O. The van der Waals surface area contributed by atoms with E-state index in [0.29, 0.717) is 19.3 Å². The van der Waals surface area contributed by atoms with Crippen LogP contribution in [-0.2, 0) is 23.7 Å². The van der Waals surface area contributed by atoms with Crippen LogP contribution in [0.1, 0.15) is 67.2 Å². The Morgan fingerprint density at radius 2 is 1.61 bits per heavy atom. The average molecular weight is 488 g/mol. The molecule has 0 radical (unpaired) electrons. The summed E-state index contributed by atoms with van der Waals surface area (Å²) in [6.07, 6.45) is 0.444. The van der Waals surface area contributed by atoms with Gasteiger partial charge >= 0.3 is 0 Å². The number of hydrogen-bond donors (Lipinski definition) is 3. The quantitative estimate of drug-likeness (QED) is 0.270. The number of likely N-dealkylation sites (tertiary alicyclic amines) is 1. The van der Waals surface area contributed by atoms with Crippen molar-refractivity contribution in [3.05, 3.63) is 0 Å². The van der Waals surface area contributed by atoms with E-state index < -0.39 is 49.3 Å². The first-order chi connectivity index (χ1) is 15.2. The van der Waals surface area contributed by atoms with Gasteiger partial charge in [-0.1, -0.05) is 41.5 Å². The molecule has 3 N–H and O–H groups in total. The summed E-state index contributed by atoms with van der Waals surface area (Å²) in [4.78, 5) is 61.8. The molecule has 0 aromatic heterocycles. The predicted molar refractivity (Wildman–Crippen MR) is 127 cm³/mol. The molecule has 0 bridgehead atoms. The van der Waals surface area contributed by atoms with Gasteiger partial charge in [-0.15, -0.1) is 0 Å². The number of rotatable bonds is 13. The Morgan fingerprint density at radius 3 is 2.09 bits per heavy atom. The fraction of sp³-hybridized carbons (Fsp3) is 0.826. The van der Waals surface area contributed by atoms with Crippen molar-refractivity contribution in [3.63, 3.8) is 0 Å². The largest absolute Gasteiger partial charge is 0.357 e. The molecule has 190 valence electrons. The van der Waals surface area contributed by atoms with Crippen molar-refractivity contribution in [3.8, 4) is 0 Å². The molecule has 1 rings (SSSR count). The zero-order chi connectivity index (χ0) is 25.5. The maximum Gasteiger partial charge on any atom is 0.242 e. The zero-order valence-electron chi connectivity index (χ0n) is 21.1. The van der Waals surface area contributed by atoms with Crippen LogP contribution in [-0.4, -0.2) is 59.0 Å². The molecule has 33 heavy (non-hydrogen) atoms. The van der Waals surface area contributed by atoms with Crippen LogP contribution in [0.5, 0.6) is 0 Å². The molecule has 10 heteroatoms. The lowest BCUT2D eigenvalue weighted by Gasteiger charge is -2.26. The molecule has 1 heterocycles. The number of nitrogens with zero attached hydrogens (tertiary/aromatic N) is 1. The monoisotopic (exact) mass is 487 g/mol. The third-order valence-corrected chi connectivity index (χ3v) is 7.41. The molecular formula is C23H42N3O6P. The summed E-state index contributed by atoms with van der Waals surface area (Å²) in [7, 11) is -2.53. The first kappa shape index (κ1) is 29.3. The van der Waals surface area contributed by atoms with Crippen LogP contribution in [0.3, 0.4) is 0 Å². The molecule has 0 spiro atoms. The van der Waals surface area contributed by atoms with Gasteiger partial charge in [-0.3, -0.25) is 28.6 Å². The first-order valence-corrected chi connectivity index (χ1v) is 13.9. The van der Waals surface area contributed by atoms with Gasteiger partial charge in [0.15, 0.2) is 0 Å². The number of carbonyl (C=O) groups is 4. The van der Waals surface area contributed by atoms with Gasteiger partial charge in [0, 0.05) is 31.5 Å². The Hall–Kier alpha value is -1.73. The fourth-order valence-electron chi connectivity index (χ4n) is 4.28. The molecule has 0 aliphatic carbocycles. The predicted octanol–water partition coefficient (Wildman–Crippen LogP) is 2.57. The Balaban J connectivity index is 2.96. The lowest BCUT2D eigenvalue weighted by atomic mass is 9.96. The molecule has 0 aromatic rings. The second-order valence-electron chi connectivity index (χ2n) is 10.5. The van der Waals surface area contributed by atoms with E-state index in [1.165, 1.54) is 7.05 Å². The number of likely N-dealkylation sites (N-methyl/N-ethyl adjacent to an activating group) is 1. The third kappa shape index (κ3) is 9.57. The van der Waals surface area contributed by atoms with Gasteiger partial charge in [-0.05, 0) is 37.0 Å². The van der Waals surface area contributed by atoms with E-state index >= 15 is 0 Å². The molecule has 1 fully saturated rings. The van der Waals surface area contributed by atoms with E-state index in [0.717, 1.165) is 4.90 Å². The highest BCUT2D eigenvalue weighted by atomic mass is 31.2. The second-order valence-corrected chi connectivity index (χ2v) is 12.8. The molecule has 9 nitrogen and oxygen atoms in total. The van der Waals surface area contributed by atoms with E-state index in [2.05, 4.69) is 10.6 Å². The molecule has 1 aliphatic rings. The van der Waals surface area contributed by atoms with Crippen molar-refractivity contribution in [1.29, 1.82) is 0 Å². The highest BCUT2D eigenvalue weighted by Crippen LogP contribution is 2.46. The normalized spacial score (nSPS) is 20.3. The van der Waals surface area contributed by atoms with E-state index in [1.807, 2.05) is 41.5 Å². The molecule has 2 unspecified atom stereocenters. The first-order valence-electron chi connectivity index (χ1n) is 11.8. The molecule has 4 atom stereocenters. The minimum atomic E-state index is -4.02. The topological polar surface area (TPSA) is 133 Å². The maximum absolute atomic E-state index is 13.1. The maximum atomic E-state index is 13.1. The van der Waals surface area contributed by atoms with Crippen molar-refractivity contribution >= 4 is 31.0 Å². The summed E-state index contributed by atoms with van der Waals surface area (Å²) in [6.45, 7) is 11.6. The molecule has 1 aliphatic heterocycles.